The van der Waals surface area contributed by atoms with Crippen LogP contribution in [0.3, 0.4) is 0 Å². The molecular weight excluding hydrogens is 160 g/mol. The van der Waals surface area contributed by atoms with Crippen molar-refractivity contribution in [1.82, 2.24) is 0 Å². The van der Waals surface area contributed by atoms with Crippen molar-refractivity contribution in [2.24, 2.45) is 0 Å². The minimum Gasteiger partial charge on any atom is -0.373 e. The van der Waals surface area contributed by atoms with Crippen LogP contribution in [-0.4, -0.2) is 13.2 Å². The molecule has 2 rings (SSSR count). The predicted molar refractivity (Wildman–Crippen MR) is 53.7 cm³/mol. The molecule has 0 heterocycles. The number of ether oxygens (including phenoxy) is 1. The van der Waals surface area contributed by atoms with Crippen LogP contribution in [0.4, 0.5) is 0 Å². The number of methoxy groups -OCH3 is 1. The lowest BCUT2D eigenvalue weighted by Crippen LogP contribution is -2.28. The third-order valence-electron chi connectivity index (χ3n) is 2.23. The summed E-state index contributed by atoms with van der Waals surface area (Å²) in [5.74, 6) is 0. The van der Waals surface area contributed by atoms with Crippen molar-refractivity contribution >= 4 is 11.8 Å². The van der Waals surface area contributed by atoms with E-state index in [9.17, 15) is 0 Å². The Labute approximate surface area is 77.7 Å². The smallest absolute Gasteiger partial charge is 0.102 e. The van der Waals surface area contributed by atoms with Gasteiger partial charge in [-0.1, -0.05) is 12.1 Å². The van der Waals surface area contributed by atoms with E-state index in [4.69, 9.17) is 4.74 Å². The standard InChI is InChI=1S/C12H12O/c1-9-3-4-11-8-12(13-2)6-5-10(11)7-9/h3-4,6-8,12H,1-2H3. The molecular formula is C12H12O. The Morgan fingerprint density at radius 1 is 1.38 bits per heavy atom. The van der Waals surface area contributed by atoms with Crippen LogP contribution in [0.25, 0.3) is 11.8 Å². The number of benzene rings is 1. The highest BCUT2D eigenvalue weighted by Gasteiger charge is 2.00. The van der Waals surface area contributed by atoms with Gasteiger partial charge in [-0.3, -0.25) is 0 Å². The molecule has 66 valence electrons. The normalized spacial score (nSPS) is 18.8. The topological polar surface area (TPSA) is 9.23 Å². The van der Waals surface area contributed by atoms with Gasteiger partial charge < -0.3 is 4.74 Å². The van der Waals surface area contributed by atoms with Crippen LogP contribution in [0, 0.1) is 6.92 Å². The first-order valence-electron chi connectivity index (χ1n) is 4.38. The number of fused-ring (bicyclic) bond motifs is 1. The molecule has 0 spiro atoms. The zero-order valence-electron chi connectivity index (χ0n) is 7.87. The molecule has 1 heteroatoms. The Balaban J connectivity index is 2.68. The second-order valence-electron chi connectivity index (χ2n) is 3.27. The molecule has 0 radical (unpaired) electrons. The van der Waals surface area contributed by atoms with Gasteiger partial charge in [0.15, 0.2) is 0 Å². The average Bonchev–Trinajstić information content (AvgIpc) is 2.17. The Morgan fingerprint density at radius 2 is 2.23 bits per heavy atom. The number of hydrogen-bond donors (Lipinski definition) is 0. The van der Waals surface area contributed by atoms with Crippen molar-refractivity contribution in [3.63, 3.8) is 0 Å². The fourth-order valence-corrected chi connectivity index (χ4v) is 1.47. The van der Waals surface area contributed by atoms with Gasteiger partial charge in [-0.05, 0) is 35.9 Å². The average molecular weight is 172 g/mol. The maximum atomic E-state index is 5.20. The molecule has 0 aliphatic heterocycles. The fraction of sp³-hybridized carbons (Fsp3) is 0.250. The van der Waals surface area contributed by atoms with Gasteiger partial charge >= 0.3 is 0 Å². The van der Waals surface area contributed by atoms with Crippen molar-refractivity contribution < 1.29 is 4.74 Å². The van der Waals surface area contributed by atoms with E-state index in [1.54, 1.807) is 7.11 Å². The van der Waals surface area contributed by atoms with E-state index in [1.165, 1.54) is 10.8 Å². The highest BCUT2D eigenvalue weighted by Crippen LogP contribution is 1.95. The van der Waals surface area contributed by atoms with E-state index in [2.05, 4.69) is 36.9 Å². The zero-order valence-corrected chi connectivity index (χ0v) is 7.87. The lowest BCUT2D eigenvalue weighted by atomic mass is 10.1. The maximum absolute atomic E-state index is 5.20. The summed E-state index contributed by atoms with van der Waals surface area (Å²) in [6.07, 6.45) is 4.13. The molecule has 0 saturated carbocycles. The van der Waals surface area contributed by atoms with E-state index in [0.717, 1.165) is 5.22 Å². The minimum atomic E-state index is 0.0789. The Kier molecular flexibility index (Phi) is 2.05. The van der Waals surface area contributed by atoms with Crippen molar-refractivity contribution in [3.8, 4) is 0 Å². The second-order valence-corrected chi connectivity index (χ2v) is 3.27. The molecule has 0 aromatic heterocycles. The quantitative estimate of drug-likeness (QED) is 0.607. The van der Waals surface area contributed by atoms with Crippen LogP contribution >= 0.6 is 0 Å². The largest absolute Gasteiger partial charge is 0.373 e. The minimum absolute atomic E-state index is 0.0789. The van der Waals surface area contributed by atoms with Crippen LogP contribution in [0.5, 0.6) is 0 Å². The van der Waals surface area contributed by atoms with Crippen LogP contribution in [0.2, 0.25) is 0 Å². The van der Waals surface area contributed by atoms with Crippen LogP contribution in [0.1, 0.15) is 5.56 Å². The lowest BCUT2D eigenvalue weighted by molar-refractivity contribution is 0.189. The van der Waals surface area contributed by atoms with Gasteiger partial charge in [-0.25, -0.2) is 0 Å². The molecule has 1 atom stereocenters. The number of rotatable bonds is 1. The summed E-state index contributed by atoms with van der Waals surface area (Å²) in [6, 6.07) is 6.35. The summed E-state index contributed by atoms with van der Waals surface area (Å²) in [4.78, 5) is 0. The summed E-state index contributed by atoms with van der Waals surface area (Å²) >= 11 is 0. The third kappa shape index (κ3) is 1.57. The third-order valence-corrected chi connectivity index (χ3v) is 2.23. The van der Waals surface area contributed by atoms with Crippen molar-refractivity contribution in [2.75, 3.05) is 7.11 Å². The highest BCUT2D eigenvalue weighted by molar-refractivity contribution is 5.44. The van der Waals surface area contributed by atoms with Crippen molar-refractivity contribution in [3.05, 3.63) is 40.3 Å². The van der Waals surface area contributed by atoms with Gasteiger partial charge in [-0.2, -0.15) is 0 Å². The number of hydrogen-bond acceptors (Lipinski definition) is 1. The molecule has 13 heavy (non-hydrogen) atoms. The summed E-state index contributed by atoms with van der Waals surface area (Å²) in [5, 5.41) is 2.37. The van der Waals surface area contributed by atoms with Gasteiger partial charge in [0.05, 0.1) is 0 Å². The molecule has 1 nitrogen and oxygen atoms in total. The molecule has 0 saturated heterocycles. The van der Waals surface area contributed by atoms with Crippen LogP contribution in [0.15, 0.2) is 24.3 Å². The second kappa shape index (κ2) is 3.21. The Morgan fingerprint density at radius 3 is 3.00 bits per heavy atom. The summed E-state index contributed by atoms with van der Waals surface area (Å²) < 4.78 is 5.20. The Bertz CT molecular complexity index is 464. The van der Waals surface area contributed by atoms with Crippen molar-refractivity contribution in [2.45, 2.75) is 13.0 Å². The molecule has 0 bridgehead atoms. The van der Waals surface area contributed by atoms with E-state index < -0.39 is 0 Å². The summed E-state index contributed by atoms with van der Waals surface area (Å²) in [6.45, 7) is 2.09. The molecule has 0 amide bonds. The molecule has 0 fully saturated rings. The van der Waals surface area contributed by atoms with Crippen LogP contribution in [-0.2, 0) is 4.74 Å². The maximum Gasteiger partial charge on any atom is 0.102 e. The number of aryl methyl sites for hydroxylation is 1. The first-order chi connectivity index (χ1) is 6.29. The lowest BCUT2D eigenvalue weighted by Gasteiger charge is -2.06. The fourth-order valence-electron chi connectivity index (χ4n) is 1.47. The van der Waals surface area contributed by atoms with E-state index in [0.29, 0.717) is 0 Å². The van der Waals surface area contributed by atoms with Gasteiger partial charge in [0, 0.05) is 12.3 Å². The monoisotopic (exact) mass is 172 g/mol. The van der Waals surface area contributed by atoms with Gasteiger partial charge in [0.1, 0.15) is 6.10 Å². The highest BCUT2D eigenvalue weighted by atomic mass is 16.5. The molecule has 1 aliphatic rings. The van der Waals surface area contributed by atoms with Gasteiger partial charge in [-0.15, -0.1) is 5.73 Å². The Hall–Kier alpha value is -1.30. The van der Waals surface area contributed by atoms with Gasteiger partial charge in [0.2, 0.25) is 0 Å². The van der Waals surface area contributed by atoms with Crippen LogP contribution < -0.4 is 10.4 Å². The predicted octanol–water partition coefficient (Wildman–Crippen LogP) is 0.740. The molecule has 1 aliphatic carbocycles. The first-order valence-corrected chi connectivity index (χ1v) is 4.38. The first kappa shape index (κ1) is 8.31. The van der Waals surface area contributed by atoms with E-state index in [1.807, 2.05) is 6.08 Å². The molecule has 1 aromatic rings. The van der Waals surface area contributed by atoms with Gasteiger partial charge in [0.25, 0.3) is 0 Å². The molecule has 1 aromatic carbocycles. The van der Waals surface area contributed by atoms with Crippen molar-refractivity contribution in [1.29, 1.82) is 0 Å². The molecule has 1 unspecified atom stereocenters. The SMILES string of the molecule is COC1C=C=c2cc(C)ccc2=C1. The summed E-state index contributed by atoms with van der Waals surface area (Å²) in [7, 11) is 1.71. The molecule has 0 N–H and O–H groups in total. The van der Waals surface area contributed by atoms with E-state index >= 15 is 0 Å². The summed E-state index contributed by atoms with van der Waals surface area (Å²) in [5.41, 5.74) is 4.49. The van der Waals surface area contributed by atoms with E-state index in [-0.39, 0.29) is 6.10 Å². The zero-order chi connectivity index (χ0) is 9.26.